The molecule has 8 heteroatoms. The zero-order valence-corrected chi connectivity index (χ0v) is 24.7. The molecule has 1 unspecified atom stereocenters. The van der Waals surface area contributed by atoms with Crippen molar-refractivity contribution in [2.24, 2.45) is 0 Å². The third-order valence-electron chi connectivity index (χ3n) is 7.34. The number of nitrogens with one attached hydrogen (secondary N) is 1. The van der Waals surface area contributed by atoms with Gasteiger partial charge >= 0.3 is 6.03 Å². The van der Waals surface area contributed by atoms with Crippen LogP contribution in [0.4, 0.5) is 16.2 Å². The SMILES string of the molecule is CCCC(CNC=O)N(C[C@@H](CCO)N(c1ccccc1)c1ccccc1)C(=O)N(C)Cc1csc2ccccc12. The molecule has 1 aromatic heterocycles. The third kappa shape index (κ3) is 7.65. The summed E-state index contributed by atoms with van der Waals surface area (Å²) in [7, 11) is 1.84. The first kappa shape index (κ1) is 30.1. The third-order valence-corrected chi connectivity index (χ3v) is 8.36. The van der Waals surface area contributed by atoms with Crippen LogP contribution in [0.15, 0.2) is 90.3 Å². The maximum absolute atomic E-state index is 14.3. The van der Waals surface area contributed by atoms with Crippen molar-refractivity contribution in [3.63, 3.8) is 0 Å². The van der Waals surface area contributed by atoms with E-state index >= 15 is 0 Å². The summed E-state index contributed by atoms with van der Waals surface area (Å²) >= 11 is 1.68. The van der Waals surface area contributed by atoms with Crippen LogP contribution in [0, 0.1) is 0 Å². The standard InChI is InChI=1S/C33H40N4O3S/c1-3-12-29(21-34-25-39)36(33(40)35(2)22-26-24-41-32-18-11-10-17-31(26)32)23-30(19-20-38)37(27-13-6-4-7-14-27)28-15-8-5-9-16-28/h4-11,13-18,24-25,29-30,38H,3,12,19-23H2,1-2H3,(H,34,39)/t29?,30-/m1/s1. The molecule has 1 heterocycles. The summed E-state index contributed by atoms with van der Waals surface area (Å²) in [5.41, 5.74) is 3.09. The summed E-state index contributed by atoms with van der Waals surface area (Å²) in [6.07, 6.45) is 2.76. The Morgan fingerprint density at radius 1 is 0.927 bits per heavy atom. The second-order valence-electron chi connectivity index (χ2n) is 10.2. The second kappa shape index (κ2) is 15.2. The van der Waals surface area contributed by atoms with Gasteiger partial charge in [0, 0.05) is 49.4 Å². The molecule has 0 fully saturated rings. The van der Waals surface area contributed by atoms with Crippen LogP contribution < -0.4 is 10.2 Å². The molecule has 4 aromatic rings. The first-order valence-electron chi connectivity index (χ1n) is 14.2. The largest absolute Gasteiger partial charge is 0.396 e. The van der Waals surface area contributed by atoms with Crippen LogP contribution in [-0.4, -0.2) is 66.2 Å². The molecule has 0 aliphatic rings. The molecule has 0 saturated heterocycles. The smallest absolute Gasteiger partial charge is 0.320 e. The molecule has 41 heavy (non-hydrogen) atoms. The number of carbonyl (C=O) groups is 2. The van der Waals surface area contributed by atoms with Crippen molar-refractivity contribution >= 4 is 45.2 Å². The Morgan fingerprint density at radius 2 is 1.56 bits per heavy atom. The molecule has 2 atom stereocenters. The van der Waals surface area contributed by atoms with Gasteiger partial charge in [-0.3, -0.25) is 4.79 Å². The molecule has 4 rings (SSSR count). The van der Waals surface area contributed by atoms with Crippen LogP contribution in [-0.2, 0) is 11.3 Å². The Labute approximate surface area is 247 Å². The van der Waals surface area contributed by atoms with E-state index in [0.29, 0.717) is 32.5 Å². The van der Waals surface area contributed by atoms with Gasteiger partial charge in [0.05, 0.1) is 12.1 Å². The van der Waals surface area contributed by atoms with Crippen molar-refractivity contribution in [2.75, 3.05) is 31.6 Å². The van der Waals surface area contributed by atoms with Crippen molar-refractivity contribution in [3.8, 4) is 0 Å². The minimum Gasteiger partial charge on any atom is -0.396 e. The summed E-state index contributed by atoms with van der Waals surface area (Å²) in [5, 5.41) is 16.3. The van der Waals surface area contributed by atoms with E-state index in [-0.39, 0.29) is 24.7 Å². The molecule has 7 nitrogen and oxygen atoms in total. The Hall–Kier alpha value is -3.88. The van der Waals surface area contributed by atoms with E-state index in [0.717, 1.165) is 35.2 Å². The van der Waals surface area contributed by atoms with E-state index in [1.54, 1.807) is 16.2 Å². The number of nitrogens with zero attached hydrogens (tertiary/aromatic N) is 3. The van der Waals surface area contributed by atoms with E-state index in [1.807, 2.05) is 60.5 Å². The average molecular weight is 573 g/mol. The number of para-hydroxylation sites is 2. The summed E-state index contributed by atoms with van der Waals surface area (Å²) < 4.78 is 1.20. The molecule has 0 saturated carbocycles. The molecule has 0 radical (unpaired) electrons. The molecule has 3 amide bonds. The fourth-order valence-corrected chi connectivity index (χ4v) is 6.35. The Balaban J connectivity index is 1.69. The van der Waals surface area contributed by atoms with Crippen molar-refractivity contribution in [1.29, 1.82) is 0 Å². The van der Waals surface area contributed by atoms with Crippen LogP contribution >= 0.6 is 11.3 Å². The maximum Gasteiger partial charge on any atom is 0.320 e. The summed E-state index contributed by atoms with van der Waals surface area (Å²) in [6, 6.07) is 27.9. The molecular formula is C33H40N4O3S. The number of fused-ring (bicyclic) bond motifs is 1. The van der Waals surface area contributed by atoms with Crippen molar-refractivity contribution in [3.05, 3.63) is 95.9 Å². The number of amides is 3. The van der Waals surface area contributed by atoms with Gasteiger partial charge in [-0.25, -0.2) is 4.79 Å². The lowest BCUT2D eigenvalue weighted by atomic mass is 10.0. The van der Waals surface area contributed by atoms with Gasteiger partial charge in [0.2, 0.25) is 6.41 Å². The molecule has 0 aliphatic carbocycles. The zero-order valence-electron chi connectivity index (χ0n) is 23.9. The number of hydrogen-bond acceptors (Lipinski definition) is 5. The van der Waals surface area contributed by atoms with Crippen LogP contribution in [0.25, 0.3) is 10.1 Å². The Morgan fingerprint density at radius 3 is 2.17 bits per heavy atom. The van der Waals surface area contributed by atoms with Crippen molar-refractivity contribution in [1.82, 2.24) is 15.1 Å². The van der Waals surface area contributed by atoms with Crippen molar-refractivity contribution in [2.45, 2.75) is 44.8 Å². The number of aliphatic hydroxyl groups excluding tert-OH is 1. The Bertz CT molecular complexity index is 1330. The highest BCUT2D eigenvalue weighted by atomic mass is 32.1. The number of rotatable bonds is 15. The van der Waals surface area contributed by atoms with Crippen molar-refractivity contribution < 1.29 is 14.7 Å². The quantitative estimate of drug-likeness (QED) is 0.165. The number of benzene rings is 3. The zero-order chi connectivity index (χ0) is 29.0. The number of aliphatic hydroxyl groups is 1. The summed E-state index contributed by atoms with van der Waals surface area (Å²) in [4.78, 5) is 31.5. The number of hydrogen-bond donors (Lipinski definition) is 2. The van der Waals surface area contributed by atoms with Gasteiger partial charge < -0.3 is 25.1 Å². The fraction of sp³-hybridized carbons (Fsp3) is 0.333. The molecule has 216 valence electrons. The number of thiophene rings is 1. The monoisotopic (exact) mass is 572 g/mol. The lowest BCUT2D eigenvalue weighted by Crippen LogP contribution is -2.55. The highest BCUT2D eigenvalue weighted by molar-refractivity contribution is 7.17. The van der Waals surface area contributed by atoms with Gasteiger partial charge in [-0.2, -0.15) is 0 Å². The van der Waals surface area contributed by atoms with E-state index < -0.39 is 0 Å². The van der Waals surface area contributed by atoms with Gasteiger partial charge in [-0.15, -0.1) is 11.3 Å². The molecule has 0 aliphatic heterocycles. The summed E-state index contributed by atoms with van der Waals surface area (Å²) in [6.45, 7) is 3.28. The topological polar surface area (TPSA) is 76.1 Å². The van der Waals surface area contributed by atoms with Crippen LogP contribution in [0.5, 0.6) is 0 Å². The molecule has 3 aromatic carbocycles. The van der Waals surface area contributed by atoms with Crippen LogP contribution in [0.2, 0.25) is 0 Å². The highest BCUT2D eigenvalue weighted by Gasteiger charge is 2.31. The minimum atomic E-state index is -0.209. The van der Waals surface area contributed by atoms with Crippen LogP contribution in [0.3, 0.4) is 0 Å². The number of anilines is 2. The van der Waals surface area contributed by atoms with Crippen LogP contribution in [0.1, 0.15) is 31.7 Å². The molecular weight excluding hydrogens is 532 g/mol. The molecule has 2 N–H and O–H groups in total. The van der Waals surface area contributed by atoms with Gasteiger partial charge in [-0.05, 0) is 59.5 Å². The number of urea groups is 1. The lowest BCUT2D eigenvalue weighted by molar-refractivity contribution is -0.109. The van der Waals surface area contributed by atoms with E-state index in [9.17, 15) is 14.7 Å². The first-order chi connectivity index (χ1) is 20.1. The van der Waals surface area contributed by atoms with E-state index in [4.69, 9.17) is 0 Å². The second-order valence-corrected chi connectivity index (χ2v) is 11.1. The highest BCUT2D eigenvalue weighted by Crippen LogP contribution is 2.31. The summed E-state index contributed by atoms with van der Waals surface area (Å²) in [5.74, 6) is 0. The minimum absolute atomic E-state index is 0.0232. The normalized spacial score (nSPS) is 12.5. The predicted octanol–water partition coefficient (Wildman–Crippen LogP) is 6.26. The van der Waals surface area contributed by atoms with E-state index in [2.05, 4.69) is 58.9 Å². The molecule has 0 bridgehead atoms. The first-order valence-corrected chi connectivity index (χ1v) is 15.1. The van der Waals surface area contributed by atoms with E-state index in [1.165, 1.54) is 4.70 Å². The maximum atomic E-state index is 14.3. The van der Waals surface area contributed by atoms with Gasteiger partial charge in [0.15, 0.2) is 0 Å². The number of carbonyl (C=O) groups excluding carboxylic acids is 2. The van der Waals surface area contributed by atoms with Gasteiger partial charge in [0.25, 0.3) is 0 Å². The lowest BCUT2D eigenvalue weighted by Gasteiger charge is -2.41. The predicted molar refractivity (Wildman–Crippen MR) is 169 cm³/mol. The van der Waals surface area contributed by atoms with Gasteiger partial charge in [0.1, 0.15) is 0 Å². The molecule has 0 spiro atoms. The fourth-order valence-electron chi connectivity index (χ4n) is 5.39. The Kier molecular flexibility index (Phi) is 11.2. The average Bonchev–Trinajstić information content (AvgIpc) is 3.41. The van der Waals surface area contributed by atoms with Gasteiger partial charge in [-0.1, -0.05) is 67.9 Å².